The highest BCUT2D eigenvalue weighted by Crippen LogP contribution is 2.21. The van der Waals surface area contributed by atoms with Crippen LogP contribution in [0.4, 0.5) is 5.69 Å². The second-order valence-electron chi connectivity index (χ2n) is 5.02. The Morgan fingerprint density at radius 3 is 2.61 bits per heavy atom. The van der Waals surface area contributed by atoms with Gasteiger partial charge in [-0.3, -0.25) is 4.79 Å². The molecule has 0 spiro atoms. The maximum atomic E-state index is 12.1. The monoisotopic (exact) mass is 312 g/mol. The third-order valence-electron chi connectivity index (χ3n) is 2.85. The molecule has 3 N–H and O–H groups in total. The molecule has 0 radical (unpaired) electrons. The second-order valence-corrected chi connectivity index (χ2v) is 5.87. The van der Waals surface area contributed by atoms with Gasteiger partial charge in [-0.05, 0) is 37.0 Å². The first-order chi connectivity index (χ1) is 8.43. The molecule has 1 amide bonds. The first-order valence-electron chi connectivity index (χ1n) is 6.21. The molecule has 100 valence electrons. The molecule has 0 aliphatic rings. The number of amides is 1. The lowest BCUT2D eigenvalue weighted by molar-refractivity contribution is -0.120. The Bertz CT molecular complexity index is 418. The van der Waals surface area contributed by atoms with Crippen molar-refractivity contribution in [1.82, 2.24) is 0 Å². The molecule has 0 aliphatic carbocycles. The van der Waals surface area contributed by atoms with E-state index in [2.05, 4.69) is 35.1 Å². The van der Waals surface area contributed by atoms with E-state index in [1.165, 1.54) is 0 Å². The molecule has 18 heavy (non-hydrogen) atoms. The Balaban J connectivity index is 2.70. The average Bonchev–Trinajstić information content (AvgIpc) is 2.30. The zero-order chi connectivity index (χ0) is 13.7. The number of rotatable bonds is 5. The van der Waals surface area contributed by atoms with Gasteiger partial charge in [-0.15, -0.1) is 0 Å². The van der Waals surface area contributed by atoms with Gasteiger partial charge in [0.25, 0.3) is 0 Å². The number of benzene rings is 1. The van der Waals surface area contributed by atoms with Crippen LogP contribution in [0.5, 0.6) is 0 Å². The number of anilines is 1. The van der Waals surface area contributed by atoms with E-state index in [0.717, 1.165) is 22.1 Å². The molecule has 0 bridgehead atoms. The number of nitrogens with two attached hydrogens (primary N) is 1. The Labute approximate surface area is 117 Å². The number of carbonyl (C=O) groups is 1. The maximum absolute atomic E-state index is 12.1. The minimum atomic E-state index is -0.120. The highest BCUT2D eigenvalue weighted by atomic mass is 79.9. The number of hydrogen-bond acceptors (Lipinski definition) is 2. The number of hydrogen-bond donors (Lipinski definition) is 2. The molecule has 1 unspecified atom stereocenters. The van der Waals surface area contributed by atoms with Crippen LogP contribution in [0.3, 0.4) is 0 Å². The van der Waals surface area contributed by atoms with Crippen LogP contribution in [0, 0.1) is 18.8 Å². The first-order valence-corrected chi connectivity index (χ1v) is 7.00. The fraction of sp³-hybridized carbons (Fsp3) is 0.500. The summed E-state index contributed by atoms with van der Waals surface area (Å²) in [4.78, 5) is 12.1. The smallest absolute Gasteiger partial charge is 0.228 e. The summed E-state index contributed by atoms with van der Waals surface area (Å²) in [6.45, 7) is 6.59. The summed E-state index contributed by atoms with van der Waals surface area (Å²) >= 11 is 3.45. The van der Waals surface area contributed by atoms with E-state index in [1.807, 2.05) is 25.1 Å². The summed E-state index contributed by atoms with van der Waals surface area (Å²) in [6, 6.07) is 5.79. The molecule has 4 heteroatoms. The van der Waals surface area contributed by atoms with E-state index in [9.17, 15) is 4.79 Å². The molecule has 1 aromatic carbocycles. The normalized spacial score (nSPS) is 12.6. The topological polar surface area (TPSA) is 55.1 Å². The predicted octanol–water partition coefficient (Wildman–Crippen LogP) is 3.32. The molecular formula is C14H21BrN2O. The van der Waals surface area contributed by atoms with Crippen molar-refractivity contribution >= 4 is 27.5 Å². The second kappa shape index (κ2) is 6.90. The van der Waals surface area contributed by atoms with Gasteiger partial charge in [0.1, 0.15) is 0 Å². The predicted molar refractivity (Wildman–Crippen MR) is 79.5 cm³/mol. The van der Waals surface area contributed by atoms with Crippen LogP contribution < -0.4 is 11.1 Å². The number of carbonyl (C=O) groups excluding carboxylic acids is 1. The Morgan fingerprint density at radius 1 is 1.44 bits per heavy atom. The van der Waals surface area contributed by atoms with Gasteiger partial charge in [0.15, 0.2) is 0 Å². The van der Waals surface area contributed by atoms with Crippen LogP contribution in [0.15, 0.2) is 22.7 Å². The van der Waals surface area contributed by atoms with E-state index >= 15 is 0 Å². The molecule has 0 aliphatic heterocycles. The fourth-order valence-corrected chi connectivity index (χ4v) is 2.17. The van der Waals surface area contributed by atoms with Gasteiger partial charge in [0.05, 0.1) is 5.92 Å². The summed E-state index contributed by atoms with van der Waals surface area (Å²) in [5, 5.41) is 2.92. The Kier molecular flexibility index (Phi) is 5.82. The summed E-state index contributed by atoms with van der Waals surface area (Å²) < 4.78 is 0.994. The van der Waals surface area contributed by atoms with Gasteiger partial charge in [-0.2, -0.15) is 0 Å². The van der Waals surface area contributed by atoms with Crippen LogP contribution in [-0.4, -0.2) is 12.5 Å². The maximum Gasteiger partial charge on any atom is 0.228 e. The molecular weight excluding hydrogens is 292 g/mol. The summed E-state index contributed by atoms with van der Waals surface area (Å²) in [6.07, 6.45) is 0.815. The summed E-state index contributed by atoms with van der Waals surface area (Å²) in [5.74, 6) is 0.348. The van der Waals surface area contributed by atoms with E-state index in [4.69, 9.17) is 5.73 Å². The van der Waals surface area contributed by atoms with E-state index < -0.39 is 0 Å². The highest BCUT2D eigenvalue weighted by Gasteiger charge is 2.18. The van der Waals surface area contributed by atoms with Crippen LogP contribution in [0.2, 0.25) is 0 Å². The standard InChI is InChI=1S/C14H21BrN2O/c1-9(2)6-11(8-16)14(18)17-12-5-4-10(3)13(15)7-12/h4-5,7,9,11H,6,8,16H2,1-3H3,(H,17,18). The van der Waals surface area contributed by atoms with E-state index in [-0.39, 0.29) is 11.8 Å². The highest BCUT2D eigenvalue weighted by molar-refractivity contribution is 9.10. The van der Waals surface area contributed by atoms with Gasteiger partial charge >= 0.3 is 0 Å². The zero-order valence-corrected chi connectivity index (χ0v) is 12.8. The number of nitrogens with one attached hydrogen (secondary N) is 1. The summed E-state index contributed by atoms with van der Waals surface area (Å²) in [5.41, 5.74) is 7.61. The summed E-state index contributed by atoms with van der Waals surface area (Å²) in [7, 11) is 0. The van der Waals surface area contributed by atoms with Gasteiger partial charge in [-0.25, -0.2) is 0 Å². The van der Waals surface area contributed by atoms with Crippen molar-refractivity contribution in [2.75, 3.05) is 11.9 Å². The van der Waals surface area contributed by atoms with Crippen LogP contribution in [0.1, 0.15) is 25.8 Å². The fourth-order valence-electron chi connectivity index (χ4n) is 1.79. The quantitative estimate of drug-likeness (QED) is 0.876. The lowest BCUT2D eigenvalue weighted by Gasteiger charge is -2.17. The Morgan fingerprint density at radius 2 is 2.11 bits per heavy atom. The largest absolute Gasteiger partial charge is 0.330 e. The van der Waals surface area contributed by atoms with Gasteiger partial charge in [-0.1, -0.05) is 35.8 Å². The molecule has 0 saturated heterocycles. The molecule has 0 saturated carbocycles. The zero-order valence-electron chi connectivity index (χ0n) is 11.2. The molecule has 0 fully saturated rings. The third kappa shape index (κ3) is 4.42. The molecule has 0 heterocycles. The van der Waals surface area contributed by atoms with Crippen molar-refractivity contribution < 1.29 is 4.79 Å². The van der Waals surface area contributed by atoms with Crippen molar-refractivity contribution in [3.8, 4) is 0 Å². The molecule has 1 atom stereocenters. The van der Waals surface area contributed by atoms with Crippen molar-refractivity contribution in [2.24, 2.45) is 17.6 Å². The molecule has 0 aromatic heterocycles. The van der Waals surface area contributed by atoms with E-state index in [1.54, 1.807) is 0 Å². The van der Waals surface area contributed by atoms with Gasteiger partial charge in [0, 0.05) is 16.7 Å². The average molecular weight is 313 g/mol. The lowest BCUT2D eigenvalue weighted by atomic mass is 9.96. The van der Waals surface area contributed by atoms with Crippen LogP contribution >= 0.6 is 15.9 Å². The van der Waals surface area contributed by atoms with Crippen LogP contribution in [0.25, 0.3) is 0 Å². The van der Waals surface area contributed by atoms with E-state index in [0.29, 0.717) is 12.5 Å². The van der Waals surface area contributed by atoms with Crippen LogP contribution in [-0.2, 0) is 4.79 Å². The minimum absolute atomic E-state index is 0.00181. The lowest BCUT2D eigenvalue weighted by Crippen LogP contribution is -2.30. The van der Waals surface area contributed by atoms with Crippen molar-refractivity contribution in [3.63, 3.8) is 0 Å². The number of aryl methyl sites for hydroxylation is 1. The molecule has 1 rings (SSSR count). The van der Waals surface area contributed by atoms with Crippen molar-refractivity contribution in [3.05, 3.63) is 28.2 Å². The first kappa shape index (κ1) is 15.2. The minimum Gasteiger partial charge on any atom is -0.330 e. The van der Waals surface area contributed by atoms with Crippen molar-refractivity contribution in [2.45, 2.75) is 27.2 Å². The van der Waals surface area contributed by atoms with Gasteiger partial charge < -0.3 is 11.1 Å². The van der Waals surface area contributed by atoms with Crippen molar-refractivity contribution in [1.29, 1.82) is 0 Å². The SMILES string of the molecule is Cc1ccc(NC(=O)C(CN)CC(C)C)cc1Br. The third-order valence-corrected chi connectivity index (χ3v) is 3.70. The number of halogens is 1. The molecule has 3 nitrogen and oxygen atoms in total. The van der Waals surface area contributed by atoms with Gasteiger partial charge in [0.2, 0.25) is 5.91 Å². The Hall–Kier alpha value is -0.870. The molecule has 1 aromatic rings.